The molecule has 0 unspecified atom stereocenters. The second kappa shape index (κ2) is 6.62. The Bertz CT molecular complexity index is 628. The molecule has 1 aromatic carbocycles. The molecule has 0 aromatic heterocycles. The summed E-state index contributed by atoms with van der Waals surface area (Å²) in [5.41, 5.74) is 1.70. The lowest BCUT2D eigenvalue weighted by Crippen LogP contribution is -2.28. The Balaban J connectivity index is 2.46. The van der Waals surface area contributed by atoms with Crippen molar-refractivity contribution in [3.8, 4) is 5.75 Å². The van der Waals surface area contributed by atoms with Crippen LogP contribution in [0.4, 0.5) is 8.78 Å². The molecule has 2 rings (SSSR count). The molecule has 21 heavy (non-hydrogen) atoms. The molecule has 0 atom stereocenters. The number of ether oxygens (including phenoxy) is 1. The molecule has 0 spiro atoms. The molecule has 1 aromatic rings. The molecule has 2 nitrogen and oxygen atoms in total. The fraction of sp³-hybridized carbons (Fsp3) is 0.200. The first-order valence-electron chi connectivity index (χ1n) is 6.10. The van der Waals surface area contributed by atoms with Crippen LogP contribution in [0.15, 0.2) is 47.1 Å². The standard InChI is InChI=1S/C15H13BrClF2NO/c1-9-12(16)5-6-14(20(9)8-15(18)19)11-4-3-10(21-2)7-13(11)17/h3-7,15H,1,8H2,2H3. The van der Waals surface area contributed by atoms with Gasteiger partial charge in [-0.25, -0.2) is 8.78 Å². The molecule has 1 aliphatic heterocycles. The van der Waals surface area contributed by atoms with Crippen molar-refractivity contribution < 1.29 is 13.5 Å². The highest BCUT2D eigenvalue weighted by molar-refractivity contribution is 9.12. The minimum Gasteiger partial charge on any atom is -0.497 e. The predicted molar refractivity (Wildman–Crippen MR) is 84.8 cm³/mol. The lowest BCUT2D eigenvalue weighted by Gasteiger charge is -2.32. The van der Waals surface area contributed by atoms with Crippen LogP contribution in [0.5, 0.6) is 5.75 Å². The Hall–Kier alpha value is -1.33. The number of halogens is 4. The number of nitrogens with zero attached hydrogens (tertiary/aromatic N) is 1. The number of allylic oxidation sites excluding steroid dienone is 3. The van der Waals surface area contributed by atoms with Gasteiger partial charge < -0.3 is 9.64 Å². The fourth-order valence-corrected chi connectivity index (χ4v) is 2.64. The summed E-state index contributed by atoms with van der Waals surface area (Å²) >= 11 is 9.53. The van der Waals surface area contributed by atoms with Gasteiger partial charge in [-0.05, 0) is 46.3 Å². The maximum Gasteiger partial charge on any atom is 0.256 e. The van der Waals surface area contributed by atoms with E-state index in [0.717, 1.165) is 0 Å². The number of hydrogen-bond donors (Lipinski definition) is 0. The van der Waals surface area contributed by atoms with E-state index in [-0.39, 0.29) is 0 Å². The maximum absolute atomic E-state index is 12.8. The molecular formula is C15H13BrClF2NO. The highest BCUT2D eigenvalue weighted by Crippen LogP contribution is 2.37. The SMILES string of the molecule is C=C1C(Br)=CC=C(c2ccc(OC)cc2Cl)N1CC(F)F. The fourth-order valence-electron chi connectivity index (χ4n) is 2.02. The van der Waals surface area contributed by atoms with Crippen molar-refractivity contribution in [1.82, 2.24) is 4.90 Å². The van der Waals surface area contributed by atoms with E-state index in [2.05, 4.69) is 22.5 Å². The molecule has 1 heterocycles. The van der Waals surface area contributed by atoms with Gasteiger partial charge >= 0.3 is 0 Å². The smallest absolute Gasteiger partial charge is 0.256 e. The van der Waals surface area contributed by atoms with Crippen LogP contribution in [0, 0.1) is 0 Å². The summed E-state index contributed by atoms with van der Waals surface area (Å²) in [5, 5.41) is 0.430. The third-order valence-electron chi connectivity index (χ3n) is 3.05. The van der Waals surface area contributed by atoms with Crippen molar-refractivity contribution in [1.29, 1.82) is 0 Å². The summed E-state index contributed by atoms with van der Waals surface area (Å²) in [4.78, 5) is 1.45. The number of rotatable bonds is 4. The normalized spacial score (nSPS) is 15.1. The zero-order chi connectivity index (χ0) is 15.6. The van der Waals surface area contributed by atoms with Crippen LogP contribution in [0.1, 0.15) is 5.56 Å². The van der Waals surface area contributed by atoms with Gasteiger partial charge in [0.1, 0.15) is 5.75 Å². The van der Waals surface area contributed by atoms with Crippen LogP contribution in [-0.4, -0.2) is 25.0 Å². The van der Waals surface area contributed by atoms with Gasteiger partial charge in [0.05, 0.1) is 24.4 Å². The number of alkyl halides is 2. The van der Waals surface area contributed by atoms with Crippen LogP contribution in [-0.2, 0) is 0 Å². The van der Waals surface area contributed by atoms with E-state index >= 15 is 0 Å². The Labute approximate surface area is 135 Å². The lowest BCUT2D eigenvalue weighted by atomic mass is 10.1. The third kappa shape index (κ3) is 3.47. The summed E-state index contributed by atoms with van der Waals surface area (Å²) in [6, 6.07) is 5.12. The Morgan fingerprint density at radius 1 is 1.38 bits per heavy atom. The molecule has 0 amide bonds. The van der Waals surface area contributed by atoms with E-state index in [9.17, 15) is 8.78 Å². The van der Waals surface area contributed by atoms with Gasteiger partial charge in [-0.15, -0.1) is 0 Å². The van der Waals surface area contributed by atoms with Gasteiger partial charge in [-0.1, -0.05) is 18.2 Å². The van der Waals surface area contributed by atoms with Crippen molar-refractivity contribution in [2.75, 3.05) is 13.7 Å². The van der Waals surface area contributed by atoms with Crippen LogP contribution < -0.4 is 4.74 Å². The van der Waals surface area contributed by atoms with Gasteiger partial charge in [0, 0.05) is 15.7 Å². The number of hydrogen-bond acceptors (Lipinski definition) is 2. The summed E-state index contributed by atoms with van der Waals surface area (Å²) < 4.78 is 31.4. The minimum absolute atomic E-state index is 0.430. The van der Waals surface area contributed by atoms with E-state index in [1.165, 1.54) is 12.0 Å². The summed E-state index contributed by atoms with van der Waals surface area (Å²) in [7, 11) is 1.54. The van der Waals surface area contributed by atoms with E-state index in [0.29, 0.717) is 32.2 Å². The van der Waals surface area contributed by atoms with Crippen LogP contribution in [0.3, 0.4) is 0 Å². The quantitative estimate of drug-likeness (QED) is 0.728. The summed E-state index contributed by atoms with van der Waals surface area (Å²) in [6.45, 7) is 3.39. The number of methoxy groups -OCH3 is 1. The minimum atomic E-state index is -2.49. The van der Waals surface area contributed by atoms with E-state index in [1.807, 2.05) is 0 Å². The number of benzene rings is 1. The topological polar surface area (TPSA) is 12.5 Å². The monoisotopic (exact) mass is 375 g/mol. The Morgan fingerprint density at radius 3 is 2.67 bits per heavy atom. The molecular weight excluding hydrogens is 364 g/mol. The highest BCUT2D eigenvalue weighted by atomic mass is 79.9. The molecule has 0 fully saturated rings. The molecule has 1 aliphatic rings. The average molecular weight is 377 g/mol. The molecule has 0 N–H and O–H groups in total. The van der Waals surface area contributed by atoms with Gasteiger partial charge in [-0.2, -0.15) is 0 Å². The van der Waals surface area contributed by atoms with Crippen LogP contribution in [0.2, 0.25) is 5.02 Å². The summed E-state index contributed by atoms with van der Waals surface area (Å²) in [5.74, 6) is 0.608. The van der Waals surface area contributed by atoms with Crippen molar-refractivity contribution in [3.05, 3.63) is 57.7 Å². The first kappa shape index (κ1) is 16.0. The highest BCUT2D eigenvalue weighted by Gasteiger charge is 2.24. The third-order valence-corrected chi connectivity index (χ3v) is 4.09. The molecule has 0 saturated carbocycles. The van der Waals surface area contributed by atoms with Gasteiger partial charge in [-0.3, -0.25) is 0 Å². The van der Waals surface area contributed by atoms with Crippen molar-refractivity contribution in [2.24, 2.45) is 0 Å². The average Bonchev–Trinajstić information content (AvgIpc) is 2.44. The first-order chi connectivity index (χ1) is 9.93. The van der Waals surface area contributed by atoms with E-state index in [4.69, 9.17) is 16.3 Å². The zero-order valence-corrected chi connectivity index (χ0v) is 13.6. The first-order valence-corrected chi connectivity index (χ1v) is 7.27. The molecule has 0 aliphatic carbocycles. The van der Waals surface area contributed by atoms with Gasteiger partial charge in [0.15, 0.2) is 0 Å². The Morgan fingerprint density at radius 2 is 2.10 bits per heavy atom. The maximum atomic E-state index is 12.8. The zero-order valence-electron chi connectivity index (χ0n) is 11.2. The van der Waals surface area contributed by atoms with Crippen molar-refractivity contribution in [3.63, 3.8) is 0 Å². The van der Waals surface area contributed by atoms with Crippen LogP contribution >= 0.6 is 27.5 Å². The van der Waals surface area contributed by atoms with E-state index in [1.54, 1.807) is 30.4 Å². The van der Waals surface area contributed by atoms with Gasteiger partial charge in [0.25, 0.3) is 6.43 Å². The lowest BCUT2D eigenvalue weighted by molar-refractivity contribution is 0.123. The second-order valence-corrected chi connectivity index (χ2v) is 5.62. The second-order valence-electron chi connectivity index (χ2n) is 4.36. The molecule has 112 valence electrons. The molecule has 0 saturated heterocycles. The molecule has 0 radical (unpaired) electrons. The summed E-state index contributed by atoms with van der Waals surface area (Å²) in [6.07, 6.45) is 1.01. The van der Waals surface area contributed by atoms with E-state index < -0.39 is 13.0 Å². The molecule has 0 bridgehead atoms. The van der Waals surface area contributed by atoms with Crippen LogP contribution in [0.25, 0.3) is 5.70 Å². The predicted octanol–water partition coefficient (Wildman–Crippen LogP) is 5.06. The van der Waals surface area contributed by atoms with Crippen molar-refractivity contribution in [2.45, 2.75) is 6.43 Å². The van der Waals surface area contributed by atoms with Crippen molar-refractivity contribution >= 4 is 33.2 Å². The van der Waals surface area contributed by atoms with Gasteiger partial charge in [0.2, 0.25) is 0 Å². The largest absolute Gasteiger partial charge is 0.497 e. The molecule has 6 heteroatoms. The Kier molecular flexibility index (Phi) is 5.06.